The topological polar surface area (TPSA) is 155 Å². The van der Waals surface area contributed by atoms with E-state index in [9.17, 15) is 19.9 Å². The van der Waals surface area contributed by atoms with Gasteiger partial charge in [-0.15, -0.1) is 16.5 Å². The summed E-state index contributed by atoms with van der Waals surface area (Å²) in [5, 5.41) is 38.4. The van der Waals surface area contributed by atoms with Gasteiger partial charge in [-0.1, -0.05) is 12.2 Å². The van der Waals surface area contributed by atoms with E-state index < -0.39 is 52.0 Å². The van der Waals surface area contributed by atoms with Gasteiger partial charge >= 0.3 is 0 Å². The van der Waals surface area contributed by atoms with Crippen LogP contribution in [0.15, 0.2) is 12.2 Å². The maximum Gasteiger partial charge on any atom is 0.290 e. The largest absolute Gasteiger partial charge is 0.598 e. The quantitative estimate of drug-likeness (QED) is 0.190. The average molecular weight is 511 g/mol. The lowest BCUT2D eigenvalue weighted by Gasteiger charge is -2.44. The summed E-state index contributed by atoms with van der Waals surface area (Å²) in [5.41, 5.74) is -0.653. The zero-order valence-corrected chi connectivity index (χ0v) is 21.0. The third kappa shape index (κ3) is 8.64. The highest BCUT2D eigenvalue weighted by atomic mass is 32.2. The molecule has 0 spiro atoms. The minimum atomic E-state index is -1.37. The van der Waals surface area contributed by atoms with Crippen molar-refractivity contribution in [1.82, 2.24) is 9.62 Å². The Kier molecular flexibility index (Phi) is 11.9. The summed E-state index contributed by atoms with van der Waals surface area (Å²) in [4.78, 5) is 10.7. The van der Waals surface area contributed by atoms with Crippen molar-refractivity contribution in [2.24, 2.45) is 5.92 Å². The van der Waals surface area contributed by atoms with Crippen molar-refractivity contribution in [2.75, 3.05) is 38.6 Å². The Balaban J connectivity index is 0.00000122. The van der Waals surface area contributed by atoms with Crippen molar-refractivity contribution in [2.45, 2.75) is 67.8 Å². The number of carbonyl (C=O) groups is 1. The molecule has 2 bridgehead atoms. The first kappa shape index (κ1) is 28.8. The molecular weight excluding hydrogens is 472 g/mol. The summed E-state index contributed by atoms with van der Waals surface area (Å²) in [6, 6.07) is -0.455. The molecule has 0 amide bonds. The maximum atomic E-state index is 12.7. The van der Waals surface area contributed by atoms with Crippen LogP contribution in [0.2, 0.25) is 0 Å². The SMILES string of the molecule is CC(C)(C)[S@@+]([O-])N[C@@H]1CC=C[C@@H](CN2CCOCC2)CS[C@H]2O[C@H]1[C@H](O)[C@H](O)[C@H]2O.O=CO. The molecule has 0 saturated carbocycles. The smallest absolute Gasteiger partial charge is 0.290 e. The fraction of sp³-hybridized carbons (Fsp3) is 0.857. The molecule has 33 heavy (non-hydrogen) atoms. The van der Waals surface area contributed by atoms with Gasteiger partial charge in [0.15, 0.2) is 0 Å². The Morgan fingerprint density at radius 3 is 2.45 bits per heavy atom. The Hall–Kier alpha value is -0.410. The van der Waals surface area contributed by atoms with Crippen molar-refractivity contribution in [3.8, 4) is 0 Å². The van der Waals surface area contributed by atoms with Crippen LogP contribution in [0.25, 0.3) is 0 Å². The number of morpholine rings is 1. The molecule has 2 saturated heterocycles. The third-order valence-corrected chi connectivity index (χ3v) is 8.66. The van der Waals surface area contributed by atoms with Gasteiger partial charge in [0.25, 0.3) is 6.47 Å². The molecule has 2 fully saturated rings. The van der Waals surface area contributed by atoms with Crippen molar-refractivity contribution in [3.63, 3.8) is 0 Å². The predicted octanol–water partition coefficient (Wildman–Crippen LogP) is -0.443. The van der Waals surface area contributed by atoms with Gasteiger partial charge < -0.3 is 34.5 Å². The van der Waals surface area contributed by atoms with Crippen LogP contribution >= 0.6 is 11.8 Å². The van der Waals surface area contributed by atoms with Crippen molar-refractivity contribution < 1.29 is 39.2 Å². The number of aliphatic hydroxyl groups is 3. The van der Waals surface area contributed by atoms with Crippen LogP contribution in [0, 0.1) is 5.92 Å². The minimum absolute atomic E-state index is 0.248. The Morgan fingerprint density at radius 2 is 1.85 bits per heavy atom. The second kappa shape index (κ2) is 13.6. The first-order chi connectivity index (χ1) is 15.6. The molecule has 0 aromatic carbocycles. The molecular formula is C21H38N2O8S2. The average Bonchev–Trinajstić information content (AvgIpc) is 2.76. The minimum Gasteiger partial charge on any atom is -0.598 e. The second-order valence-corrected chi connectivity index (χ2v) is 12.5. The standard InChI is InChI=1S/C20H36N2O6S2.CH2O2/c1-20(2,3)30(26)21-14-6-4-5-13(11-22-7-9-27-10-8-22)12-29-19-17(25)15(23)16(24)18(14)28-19;2-1-3/h4-5,13-19,21,23-25H,6-12H2,1-3H3;1H,(H,2,3)/t13-,14+,15-,16+,17+,18+,19+,30+;/m0./s1. The number of fused-ring (bicyclic) bond motifs is 2. The van der Waals surface area contributed by atoms with Gasteiger partial charge in [0.1, 0.15) is 34.6 Å². The third-order valence-electron chi connectivity index (χ3n) is 5.69. The monoisotopic (exact) mass is 510 g/mol. The molecule has 3 aliphatic rings. The van der Waals surface area contributed by atoms with Gasteiger partial charge in [0.05, 0.1) is 19.3 Å². The zero-order valence-electron chi connectivity index (χ0n) is 19.4. The number of rotatable bonds is 4. The second-order valence-electron chi connectivity index (χ2n) is 9.32. The Bertz CT molecular complexity index is 618. The number of ether oxygens (including phenoxy) is 2. The fourth-order valence-corrected chi connectivity index (χ4v) is 5.91. The van der Waals surface area contributed by atoms with Crippen LogP contribution in [-0.2, 0) is 25.6 Å². The summed E-state index contributed by atoms with van der Waals surface area (Å²) in [6.07, 6.45) is 0.210. The molecule has 0 aliphatic carbocycles. The van der Waals surface area contributed by atoms with E-state index >= 15 is 0 Å². The first-order valence-corrected chi connectivity index (χ1v) is 13.3. The van der Waals surface area contributed by atoms with Gasteiger partial charge in [-0.05, 0) is 33.1 Å². The lowest BCUT2D eigenvalue weighted by molar-refractivity contribution is -0.203. The number of nitrogens with one attached hydrogen (secondary N) is 1. The zero-order chi connectivity index (χ0) is 24.6. The predicted molar refractivity (Wildman–Crippen MR) is 127 cm³/mol. The van der Waals surface area contributed by atoms with E-state index in [0.29, 0.717) is 6.42 Å². The summed E-state index contributed by atoms with van der Waals surface area (Å²) >= 11 is 0.0908. The highest BCUT2D eigenvalue weighted by Gasteiger charge is 2.48. The molecule has 5 N–H and O–H groups in total. The molecule has 10 nitrogen and oxygen atoms in total. The van der Waals surface area contributed by atoms with Crippen LogP contribution < -0.4 is 4.72 Å². The molecule has 0 aromatic heterocycles. The summed E-state index contributed by atoms with van der Waals surface area (Å²) in [6.45, 7) is 9.55. The van der Waals surface area contributed by atoms with Crippen molar-refractivity contribution in [3.05, 3.63) is 12.2 Å². The fourth-order valence-electron chi connectivity index (χ4n) is 3.83. The molecule has 0 radical (unpaired) electrons. The maximum absolute atomic E-state index is 12.7. The Labute approximate surface area is 203 Å². The molecule has 3 heterocycles. The number of hydrogen-bond donors (Lipinski definition) is 5. The number of thioether (sulfide) groups is 1. The number of carboxylic acid groups (broad SMARTS) is 1. The van der Waals surface area contributed by atoms with Gasteiger partial charge in [-0.3, -0.25) is 9.69 Å². The molecule has 8 atom stereocenters. The molecule has 3 rings (SSSR count). The Morgan fingerprint density at radius 1 is 1.21 bits per heavy atom. The van der Waals surface area contributed by atoms with Gasteiger partial charge in [-0.2, -0.15) is 0 Å². The van der Waals surface area contributed by atoms with Crippen LogP contribution in [0.1, 0.15) is 27.2 Å². The van der Waals surface area contributed by atoms with Crippen LogP contribution in [-0.4, -0.2) is 116 Å². The van der Waals surface area contributed by atoms with Crippen molar-refractivity contribution >= 4 is 29.6 Å². The number of aliphatic hydroxyl groups excluding tert-OH is 3. The molecule has 0 unspecified atom stereocenters. The van der Waals surface area contributed by atoms with E-state index in [1.165, 1.54) is 11.8 Å². The highest BCUT2D eigenvalue weighted by molar-refractivity contribution is 7.99. The van der Waals surface area contributed by atoms with Gasteiger partial charge in [0, 0.05) is 36.7 Å². The molecule has 192 valence electrons. The van der Waals surface area contributed by atoms with E-state index in [0.717, 1.165) is 38.6 Å². The number of hydrogen-bond acceptors (Lipinski definition) is 10. The van der Waals surface area contributed by atoms with Crippen LogP contribution in [0.3, 0.4) is 0 Å². The van der Waals surface area contributed by atoms with Crippen molar-refractivity contribution in [1.29, 1.82) is 0 Å². The lowest BCUT2D eigenvalue weighted by Crippen LogP contribution is -2.63. The highest BCUT2D eigenvalue weighted by Crippen LogP contribution is 2.33. The lowest BCUT2D eigenvalue weighted by atomic mass is 9.93. The first-order valence-electron chi connectivity index (χ1n) is 11.1. The normalized spacial score (nSPS) is 36.9. The molecule has 12 heteroatoms. The van der Waals surface area contributed by atoms with Crippen LogP contribution in [0.5, 0.6) is 0 Å². The van der Waals surface area contributed by atoms with E-state index in [2.05, 4.69) is 21.8 Å². The van der Waals surface area contributed by atoms with E-state index in [4.69, 9.17) is 19.4 Å². The molecule has 0 aromatic rings. The van der Waals surface area contributed by atoms with E-state index in [1.54, 1.807) is 0 Å². The van der Waals surface area contributed by atoms with E-state index in [-0.39, 0.29) is 12.4 Å². The van der Waals surface area contributed by atoms with Crippen LogP contribution in [0.4, 0.5) is 0 Å². The van der Waals surface area contributed by atoms with Gasteiger partial charge in [0.2, 0.25) is 0 Å². The van der Waals surface area contributed by atoms with E-state index in [1.807, 2.05) is 20.8 Å². The summed E-state index contributed by atoms with van der Waals surface area (Å²) in [7, 11) is 0. The summed E-state index contributed by atoms with van der Waals surface area (Å²) in [5.74, 6) is 0.982. The number of nitrogens with zero attached hydrogens (tertiary/aromatic N) is 1. The van der Waals surface area contributed by atoms with Gasteiger partial charge in [-0.25, -0.2) is 0 Å². The molecule has 3 aliphatic heterocycles. The summed E-state index contributed by atoms with van der Waals surface area (Å²) < 4.78 is 26.8.